The Balaban J connectivity index is 1.67. The van der Waals surface area contributed by atoms with Gasteiger partial charge in [-0.05, 0) is 31.2 Å². The number of para-hydroxylation sites is 2. The lowest BCUT2D eigenvalue weighted by atomic mass is 10.3. The highest BCUT2D eigenvalue weighted by Crippen LogP contribution is 2.23. The highest BCUT2D eigenvalue weighted by atomic mass is 32.2. The first-order chi connectivity index (χ1) is 12.0. The molecule has 1 heterocycles. The molecule has 3 rings (SSSR count). The molecule has 1 unspecified atom stereocenters. The molecule has 0 bridgehead atoms. The Morgan fingerprint density at radius 2 is 1.80 bits per heavy atom. The van der Waals surface area contributed by atoms with E-state index in [-0.39, 0.29) is 0 Å². The first-order valence-electron chi connectivity index (χ1n) is 7.43. The van der Waals surface area contributed by atoms with Crippen molar-refractivity contribution in [2.24, 2.45) is 0 Å². The van der Waals surface area contributed by atoms with E-state index in [1.54, 1.807) is 17.9 Å². The molecule has 5 nitrogen and oxygen atoms in total. The van der Waals surface area contributed by atoms with Crippen LogP contribution in [0.2, 0.25) is 0 Å². The number of thioether (sulfide) groups is 1. The number of rotatable bonds is 5. The molecular formula is C17H14F2N4OS. The number of aromatic nitrogens is 3. The van der Waals surface area contributed by atoms with Crippen molar-refractivity contribution in [1.82, 2.24) is 14.8 Å². The molecule has 0 spiro atoms. The van der Waals surface area contributed by atoms with Crippen LogP contribution in [0.15, 0.2) is 60.0 Å². The molecule has 0 aliphatic heterocycles. The predicted octanol–water partition coefficient (Wildman–Crippen LogP) is 3.66. The lowest BCUT2D eigenvalue weighted by molar-refractivity contribution is -0.115. The summed E-state index contributed by atoms with van der Waals surface area (Å²) in [4.78, 5) is 16.3. The smallest absolute Gasteiger partial charge is 0.237 e. The molecule has 25 heavy (non-hydrogen) atoms. The maximum Gasteiger partial charge on any atom is 0.237 e. The maximum atomic E-state index is 13.6. The van der Waals surface area contributed by atoms with Crippen molar-refractivity contribution >= 4 is 23.4 Å². The van der Waals surface area contributed by atoms with Gasteiger partial charge < -0.3 is 5.32 Å². The van der Waals surface area contributed by atoms with Crippen LogP contribution in [0.25, 0.3) is 5.69 Å². The number of carbonyl (C=O) groups excluding carboxylic acids is 1. The number of anilines is 1. The van der Waals surface area contributed by atoms with E-state index < -0.39 is 28.5 Å². The number of nitrogens with one attached hydrogen (secondary N) is 1. The second kappa shape index (κ2) is 7.43. The lowest BCUT2D eigenvalue weighted by Crippen LogP contribution is -2.23. The highest BCUT2D eigenvalue weighted by Gasteiger charge is 2.20. The average molecular weight is 360 g/mol. The minimum Gasteiger partial charge on any atom is -0.320 e. The predicted molar refractivity (Wildman–Crippen MR) is 91.7 cm³/mol. The van der Waals surface area contributed by atoms with Crippen molar-refractivity contribution in [1.29, 1.82) is 0 Å². The van der Waals surface area contributed by atoms with Crippen LogP contribution in [0.1, 0.15) is 6.92 Å². The summed E-state index contributed by atoms with van der Waals surface area (Å²) in [6.45, 7) is 1.61. The van der Waals surface area contributed by atoms with Crippen molar-refractivity contribution in [3.05, 3.63) is 66.5 Å². The Labute approximate surface area is 147 Å². The molecule has 1 N–H and O–H groups in total. The number of hydrogen-bond acceptors (Lipinski definition) is 4. The van der Waals surface area contributed by atoms with Gasteiger partial charge in [0.2, 0.25) is 11.1 Å². The number of carbonyl (C=O) groups is 1. The molecule has 1 amide bonds. The molecule has 0 fully saturated rings. The zero-order valence-electron chi connectivity index (χ0n) is 13.2. The van der Waals surface area contributed by atoms with Gasteiger partial charge in [0.05, 0.1) is 10.9 Å². The Hall–Kier alpha value is -2.74. The van der Waals surface area contributed by atoms with Crippen LogP contribution in [0, 0.1) is 11.6 Å². The van der Waals surface area contributed by atoms with Crippen LogP contribution in [-0.2, 0) is 4.79 Å². The summed E-state index contributed by atoms with van der Waals surface area (Å²) in [6, 6.07) is 12.8. The zero-order chi connectivity index (χ0) is 17.8. The molecule has 1 atom stereocenters. The number of nitrogens with zero attached hydrogens (tertiary/aromatic N) is 3. The Kier molecular flexibility index (Phi) is 5.08. The monoisotopic (exact) mass is 360 g/mol. The van der Waals surface area contributed by atoms with E-state index in [1.165, 1.54) is 6.07 Å². The summed E-state index contributed by atoms with van der Waals surface area (Å²) in [5.41, 5.74) is 0.384. The van der Waals surface area contributed by atoms with E-state index >= 15 is 0 Å². The molecule has 0 saturated carbocycles. The maximum absolute atomic E-state index is 13.6. The summed E-state index contributed by atoms with van der Waals surface area (Å²) >= 11 is 1.10. The van der Waals surface area contributed by atoms with Gasteiger partial charge in [-0.1, -0.05) is 36.0 Å². The number of hydrogen-bond donors (Lipinski definition) is 1. The average Bonchev–Trinajstić information content (AvgIpc) is 3.07. The van der Waals surface area contributed by atoms with Gasteiger partial charge in [0.25, 0.3) is 0 Å². The van der Waals surface area contributed by atoms with E-state index in [0.29, 0.717) is 5.16 Å². The number of benzene rings is 2. The summed E-state index contributed by atoms with van der Waals surface area (Å²) in [5, 5.41) is 6.31. The van der Waals surface area contributed by atoms with Crippen LogP contribution in [-0.4, -0.2) is 25.9 Å². The van der Waals surface area contributed by atoms with Crippen LogP contribution >= 0.6 is 11.8 Å². The lowest BCUT2D eigenvalue weighted by Gasteiger charge is -2.11. The van der Waals surface area contributed by atoms with Gasteiger partial charge in [-0.2, -0.15) is 0 Å². The molecule has 3 aromatic rings. The fraction of sp³-hybridized carbons (Fsp3) is 0.118. The Morgan fingerprint density at radius 3 is 2.48 bits per heavy atom. The minimum absolute atomic E-state index is 0.389. The number of amides is 1. The third-order valence-electron chi connectivity index (χ3n) is 3.35. The van der Waals surface area contributed by atoms with E-state index in [2.05, 4.69) is 15.4 Å². The molecule has 0 radical (unpaired) electrons. The second-order valence-electron chi connectivity index (χ2n) is 5.15. The van der Waals surface area contributed by atoms with Gasteiger partial charge in [-0.15, -0.1) is 5.10 Å². The van der Waals surface area contributed by atoms with E-state index in [4.69, 9.17) is 0 Å². The van der Waals surface area contributed by atoms with Crippen LogP contribution in [0.3, 0.4) is 0 Å². The largest absolute Gasteiger partial charge is 0.320 e. The summed E-state index contributed by atoms with van der Waals surface area (Å²) in [7, 11) is 0. The first kappa shape index (κ1) is 17.1. The molecule has 128 valence electrons. The second-order valence-corrected chi connectivity index (χ2v) is 6.46. The molecule has 0 saturated heterocycles. The highest BCUT2D eigenvalue weighted by molar-refractivity contribution is 8.00. The SMILES string of the molecule is CC(Sc1ncn(-c2ccccc2)n1)C(=O)Nc1c(F)cccc1F. The van der Waals surface area contributed by atoms with Crippen molar-refractivity contribution in [2.45, 2.75) is 17.3 Å². The normalized spacial score (nSPS) is 12.0. The van der Waals surface area contributed by atoms with Gasteiger partial charge in [0, 0.05) is 0 Å². The summed E-state index contributed by atoms with van der Waals surface area (Å²) < 4.78 is 28.8. The zero-order valence-corrected chi connectivity index (χ0v) is 14.0. The van der Waals surface area contributed by atoms with Crippen molar-refractivity contribution in [3.63, 3.8) is 0 Å². The fourth-order valence-corrected chi connectivity index (χ4v) is 2.79. The molecular weight excluding hydrogens is 346 g/mol. The van der Waals surface area contributed by atoms with Crippen molar-refractivity contribution < 1.29 is 13.6 Å². The molecule has 0 aliphatic carbocycles. The standard InChI is InChI=1S/C17H14F2N4OS/c1-11(16(24)21-15-13(18)8-5-9-14(15)19)25-17-20-10-23(22-17)12-6-3-2-4-7-12/h2-11H,1H3,(H,21,24). The molecule has 1 aromatic heterocycles. The third-order valence-corrected chi connectivity index (χ3v) is 4.32. The third kappa shape index (κ3) is 4.03. The minimum atomic E-state index is -0.822. The van der Waals surface area contributed by atoms with Crippen LogP contribution in [0.4, 0.5) is 14.5 Å². The van der Waals surface area contributed by atoms with Gasteiger partial charge >= 0.3 is 0 Å². The van der Waals surface area contributed by atoms with E-state index in [1.807, 2.05) is 30.3 Å². The van der Waals surface area contributed by atoms with Crippen molar-refractivity contribution in [2.75, 3.05) is 5.32 Å². The van der Waals surface area contributed by atoms with Gasteiger partial charge in [-0.25, -0.2) is 18.4 Å². The fourth-order valence-electron chi connectivity index (χ4n) is 2.06. The Bertz CT molecular complexity index is 865. The summed E-state index contributed by atoms with van der Waals surface area (Å²) in [5.74, 6) is -2.18. The number of halogens is 2. The first-order valence-corrected chi connectivity index (χ1v) is 8.31. The van der Waals surface area contributed by atoms with Crippen molar-refractivity contribution in [3.8, 4) is 5.69 Å². The topological polar surface area (TPSA) is 59.8 Å². The van der Waals surface area contributed by atoms with E-state index in [9.17, 15) is 13.6 Å². The quantitative estimate of drug-likeness (QED) is 0.706. The molecule has 0 aliphatic rings. The molecule has 2 aromatic carbocycles. The Morgan fingerprint density at radius 1 is 1.12 bits per heavy atom. The molecule has 8 heteroatoms. The van der Waals surface area contributed by atoms with Gasteiger partial charge in [-0.3, -0.25) is 4.79 Å². The van der Waals surface area contributed by atoms with Gasteiger partial charge in [0.15, 0.2) is 0 Å². The van der Waals surface area contributed by atoms with E-state index in [0.717, 1.165) is 29.6 Å². The summed E-state index contributed by atoms with van der Waals surface area (Å²) in [6.07, 6.45) is 1.54. The van der Waals surface area contributed by atoms with Crippen LogP contribution in [0.5, 0.6) is 0 Å². The van der Waals surface area contributed by atoms with Gasteiger partial charge in [0.1, 0.15) is 23.6 Å². The van der Waals surface area contributed by atoms with Crippen LogP contribution < -0.4 is 5.32 Å².